The quantitative estimate of drug-likeness (QED) is 0.715. The van der Waals surface area contributed by atoms with Gasteiger partial charge in [0.1, 0.15) is 11.8 Å². The highest BCUT2D eigenvalue weighted by Gasteiger charge is 2.09. The lowest BCUT2D eigenvalue weighted by atomic mass is 10.2. The zero-order valence-electron chi connectivity index (χ0n) is 9.99. The summed E-state index contributed by atoms with van der Waals surface area (Å²) in [4.78, 5) is 15.1. The van der Waals surface area contributed by atoms with E-state index in [1.54, 1.807) is 6.07 Å². The molecule has 3 rings (SSSR count). The summed E-state index contributed by atoms with van der Waals surface area (Å²) in [5, 5.41) is 4.47. The van der Waals surface area contributed by atoms with Crippen LogP contribution >= 0.6 is 34.8 Å². The Bertz CT molecular complexity index is 771. The number of fused-ring (bicyclic) bond motifs is 1. The fraction of sp³-hybridized carbons (Fsp3) is 0.0833. The molecule has 8 heteroatoms. The Morgan fingerprint density at radius 1 is 1.15 bits per heavy atom. The van der Waals surface area contributed by atoms with Crippen molar-refractivity contribution in [3.05, 3.63) is 45.4 Å². The van der Waals surface area contributed by atoms with E-state index in [1.165, 1.54) is 6.33 Å². The Balaban J connectivity index is 1.88. The molecule has 2 heterocycles. The molecule has 0 unspecified atom stereocenters. The van der Waals surface area contributed by atoms with Crippen LogP contribution in [0.1, 0.15) is 5.56 Å². The van der Waals surface area contributed by atoms with Gasteiger partial charge in [0.25, 0.3) is 0 Å². The second kappa shape index (κ2) is 5.44. The summed E-state index contributed by atoms with van der Waals surface area (Å²) >= 11 is 17.9. The molecule has 0 spiro atoms. The van der Waals surface area contributed by atoms with Crippen LogP contribution in [0, 0.1) is 0 Å². The van der Waals surface area contributed by atoms with Crippen LogP contribution in [-0.4, -0.2) is 19.9 Å². The Hall–Kier alpha value is -1.56. The summed E-state index contributed by atoms with van der Waals surface area (Å²) in [5.74, 6) is 0.602. The average Bonchev–Trinajstić information content (AvgIpc) is 2.81. The molecule has 0 amide bonds. The van der Waals surface area contributed by atoms with Gasteiger partial charge in [-0.1, -0.05) is 35.3 Å². The summed E-state index contributed by atoms with van der Waals surface area (Å²) < 4.78 is 0. The first-order valence-electron chi connectivity index (χ1n) is 5.68. The molecule has 1 aromatic carbocycles. The van der Waals surface area contributed by atoms with Crippen molar-refractivity contribution in [1.82, 2.24) is 19.9 Å². The lowest BCUT2D eigenvalue weighted by Gasteiger charge is -2.08. The van der Waals surface area contributed by atoms with Crippen molar-refractivity contribution in [1.29, 1.82) is 0 Å². The first kappa shape index (κ1) is 13.4. The van der Waals surface area contributed by atoms with Gasteiger partial charge in [0.05, 0.1) is 10.0 Å². The number of hydrogen-bond donors (Lipinski definition) is 2. The van der Waals surface area contributed by atoms with Crippen LogP contribution in [0.3, 0.4) is 0 Å². The van der Waals surface area contributed by atoms with Gasteiger partial charge in [-0.05, 0) is 23.2 Å². The second-order valence-electron chi connectivity index (χ2n) is 4.01. The molecule has 0 saturated carbocycles. The number of hydrogen-bond acceptors (Lipinski definition) is 4. The predicted octanol–water partition coefficient (Wildman–Crippen LogP) is 3.93. The van der Waals surface area contributed by atoms with Crippen molar-refractivity contribution in [3.63, 3.8) is 0 Å². The van der Waals surface area contributed by atoms with E-state index in [1.807, 2.05) is 12.1 Å². The monoisotopic (exact) mass is 327 g/mol. The minimum atomic E-state index is 0.268. The standard InChI is InChI=1S/C12H8Cl3N5/c13-7-3-1-2-6(8(7)14)4-16-10-9-11(18-5-17-10)20-12(15)19-9/h1-3,5H,4H2,(H2,16,17,18,19,20). The third-order valence-electron chi connectivity index (χ3n) is 2.74. The summed E-state index contributed by atoms with van der Waals surface area (Å²) in [6, 6.07) is 5.47. The SMILES string of the molecule is Clc1nc2ncnc(NCc3cccc(Cl)c3Cl)c2[nH]1. The molecule has 0 aliphatic carbocycles. The molecule has 0 fully saturated rings. The molecule has 0 saturated heterocycles. The van der Waals surface area contributed by atoms with Crippen molar-refractivity contribution in [3.8, 4) is 0 Å². The molecule has 20 heavy (non-hydrogen) atoms. The van der Waals surface area contributed by atoms with Crippen molar-refractivity contribution < 1.29 is 0 Å². The third-order valence-corrected chi connectivity index (χ3v) is 3.77. The van der Waals surface area contributed by atoms with Crippen molar-refractivity contribution in [2.45, 2.75) is 6.54 Å². The van der Waals surface area contributed by atoms with Gasteiger partial charge in [-0.25, -0.2) is 9.97 Å². The highest BCUT2D eigenvalue weighted by molar-refractivity contribution is 6.42. The van der Waals surface area contributed by atoms with E-state index in [4.69, 9.17) is 34.8 Å². The molecule has 0 bridgehead atoms. The van der Waals surface area contributed by atoms with Gasteiger partial charge >= 0.3 is 0 Å². The average molecular weight is 329 g/mol. The molecule has 0 aliphatic heterocycles. The summed E-state index contributed by atoms with van der Waals surface area (Å²) in [6.45, 7) is 0.474. The molecular formula is C12H8Cl3N5. The van der Waals surface area contributed by atoms with Gasteiger partial charge in [0.15, 0.2) is 11.5 Å². The number of benzene rings is 1. The number of imidazole rings is 1. The zero-order valence-corrected chi connectivity index (χ0v) is 12.3. The topological polar surface area (TPSA) is 66.5 Å². The van der Waals surface area contributed by atoms with E-state index >= 15 is 0 Å². The van der Waals surface area contributed by atoms with Crippen molar-refractivity contribution in [2.75, 3.05) is 5.32 Å². The van der Waals surface area contributed by atoms with Crippen LogP contribution in [0.5, 0.6) is 0 Å². The van der Waals surface area contributed by atoms with E-state index in [0.29, 0.717) is 33.6 Å². The molecule has 0 radical (unpaired) electrons. The molecule has 102 valence electrons. The Morgan fingerprint density at radius 3 is 2.85 bits per heavy atom. The lowest BCUT2D eigenvalue weighted by molar-refractivity contribution is 1.10. The summed E-state index contributed by atoms with van der Waals surface area (Å²) in [7, 11) is 0. The van der Waals surface area contributed by atoms with E-state index < -0.39 is 0 Å². The Kier molecular flexibility index (Phi) is 3.65. The van der Waals surface area contributed by atoms with Crippen LogP contribution in [-0.2, 0) is 6.54 Å². The summed E-state index contributed by atoms with van der Waals surface area (Å²) in [5.41, 5.74) is 2.02. The maximum Gasteiger partial charge on any atom is 0.202 e. The van der Waals surface area contributed by atoms with Gasteiger partial charge in [-0.2, -0.15) is 4.98 Å². The van der Waals surface area contributed by atoms with Gasteiger partial charge in [-0.3, -0.25) is 0 Å². The fourth-order valence-corrected chi connectivity index (χ4v) is 2.36. The molecular weight excluding hydrogens is 321 g/mol. The summed E-state index contributed by atoms with van der Waals surface area (Å²) in [6.07, 6.45) is 1.42. The number of nitrogens with zero attached hydrogens (tertiary/aromatic N) is 3. The normalized spacial score (nSPS) is 10.9. The van der Waals surface area contributed by atoms with Gasteiger partial charge in [0.2, 0.25) is 5.28 Å². The lowest BCUT2D eigenvalue weighted by Crippen LogP contribution is -2.03. The van der Waals surface area contributed by atoms with Crippen LogP contribution in [0.2, 0.25) is 15.3 Å². The highest BCUT2D eigenvalue weighted by Crippen LogP contribution is 2.26. The number of anilines is 1. The molecule has 0 atom stereocenters. The molecule has 2 aromatic heterocycles. The maximum atomic E-state index is 6.14. The Labute approximate surface area is 129 Å². The number of nitrogens with one attached hydrogen (secondary N) is 2. The zero-order chi connectivity index (χ0) is 14.1. The van der Waals surface area contributed by atoms with Crippen molar-refractivity contribution in [2.24, 2.45) is 0 Å². The van der Waals surface area contributed by atoms with E-state index in [9.17, 15) is 0 Å². The van der Waals surface area contributed by atoms with E-state index in [-0.39, 0.29) is 5.28 Å². The number of aromatic nitrogens is 4. The number of halogens is 3. The van der Waals surface area contributed by atoms with Gasteiger partial charge < -0.3 is 10.3 Å². The second-order valence-corrected chi connectivity index (χ2v) is 5.16. The minimum Gasteiger partial charge on any atom is -0.364 e. The Morgan fingerprint density at radius 2 is 2.00 bits per heavy atom. The first-order chi connectivity index (χ1) is 9.65. The van der Waals surface area contributed by atoms with Crippen LogP contribution in [0.15, 0.2) is 24.5 Å². The number of H-pyrrole nitrogens is 1. The van der Waals surface area contributed by atoms with Crippen LogP contribution in [0.4, 0.5) is 5.82 Å². The fourth-order valence-electron chi connectivity index (χ4n) is 1.80. The predicted molar refractivity (Wildman–Crippen MR) is 80.5 cm³/mol. The van der Waals surface area contributed by atoms with E-state index in [2.05, 4.69) is 25.3 Å². The molecule has 3 aromatic rings. The number of aromatic amines is 1. The largest absolute Gasteiger partial charge is 0.364 e. The van der Waals surface area contributed by atoms with E-state index in [0.717, 1.165) is 5.56 Å². The molecule has 5 nitrogen and oxygen atoms in total. The van der Waals surface area contributed by atoms with Crippen LogP contribution in [0.25, 0.3) is 11.2 Å². The van der Waals surface area contributed by atoms with Crippen molar-refractivity contribution >= 4 is 51.8 Å². The highest BCUT2D eigenvalue weighted by atomic mass is 35.5. The minimum absolute atomic E-state index is 0.268. The molecule has 2 N–H and O–H groups in total. The number of rotatable bonds is 3. The van der Waals surface area contributed by atoms with Crippen LogP contribution < -0.4 is 5.32 Å². The maximum absolute atomic E-state index is 6.14. The molecule has 0 aliphatic rings. The smallest absolute Gasteiger partial charge is 0.202 e. The van der Waals surface area contributed by atoms with Gasteiger partial charge in [-0.15, -0.1) is 0 Å². The first-order valence-corrected chi connectivity index (χ1v) is 6.81. The third kappa shape index (κ3) is 2.52. The van der Waals surface area contributed by atoms with Gasteiger partial charge in [0, 0.05) is 6.54 Å².